The van der Waals surface area contributed by atoms with Crippen molar-refractivity contribution in [1.29, 1.82) is 0 Å². The van der Waals surface area contributed by atoms with Gasteiger partial charge in [0.1, 0.15) is 11.5 Å². The number of aliphatic imine (C=N–C) groups is 1. The van der Waals surface area contributed by atoms with Gasteiger partial charge in [-0.3, -0.25) is 4.79 Å². The van der Waals surface area contributed by atoms with Gasteiger partial charge >= 0.3 is 0 Å². The number of carbonyl (C=O) groups excluding carboxylic acids is 1. The average Bonchev–Trinajstić information content (AvgIpc) is 2.69. The van der Waals surface area contributed by atoms with Gasteiger partial charge in [-0.15, -0.1) is 4.40 Å². The molecule has 0 bridgehead atoms. The van der Waals surface area contributed by atoms with E-state index >= 15 is 0 Å². The van der Waals surface area contributed by atoms with Crippen LogP contribution in [0.3, 0.4) is 0 Å². The highest BCUT2D eigenvalue weighted by molar-refractivity contribution is 7.90. The van der Waals surface area contributed by atoms with Crippen LogP contribution in [0.25, 0.3) is 0 Å². The van der Waals surface area contributed by atoms with Gasteiger partial charge < -0.3 is 15.0 Å². The van der Waals surface area contributed by atoms with Gasteiger partial charge in [0, 0.05) is 24.6 Å². The summed E-state index contributed by atoms with van der Waals surface area (Å²) in [5, 5.41) is 2.70. The van der Waals surface area contributed by atoms with Crippen molar-refractivity contribution in [2.45, 2.75) is 0 Å². The molecule has 2 aromatic rings. The lowest BCUT2D eigenvalue weighted by Gasteiger charge is -2.27. The van der Waals surface area contributed by atoms with Crippen LogP contribution >= 0.6 is 0 Å². The maximum absolute atomic E-state index is 12.6. The molecule has 2 aliphatic rings. The zero-order valence-corrected chi connectivity index (χ0v) is 15.5. The molecule has 0 fully saturated rings. The van der Waals surface area contributed by atoms with E-state index in [1.54, 1.807) is 35.4 Å². The summed E-state index contributed by atoms with van der Waals surface area (Å²) in [5.74, 6) is 0.728. The second-order valence-corrected chi connectivity index (χ2v) is 7.82. The minimum absolute atomic E-state index is 0.0373. The van der Waals surface area contributed by atoms with Gasteiger partial charge in [-0.1, -0.05) is 18.2 Å². The van der Waals surface area contributed by atoms with Gasteiger partial charge in [-0.25, -0.2) is 13.4 Å². The molecule has 1 amide bonds. The largest absolute Gasteiger partial charge is 0.457 e. The summed E-state index contributed by atoms with van der Waals surface area (Å²) in [4.78, 5) is 18.2. The number of para-hydroxylation sites is 1. The zero-order valence-electron chi connectivity index (χ0n) is 14.6. The van der Waals surface area contributed by atoms with Gasteiger partial charge in [0.2, 0.25) is 0 Å². The Morgan fingerprint density at radius 2 is 1.75 bits per heavy atom. The first-order valence-corrected chi connectivity index (χ1v) is 10.1. The molecule has 1 N–H and O–H groups in total. The number of ether oxygens (including phenoxy) is 1. The van der Waals surface area contributed by atoms with Gasteiger partial charge in [0.05, 0.1) is 5.75 Å². The van der Waals surface area contributed by atoms with Crippen LogP contribution in [-0.4, -0.2) is 43.1 Å². The fourth-order valence-corrected chi connectivity index (χ4v) is 3.67. The van der Waals surface area contributed by atoms with Crippen molar-refractivity contribution in [3.05, 3.63) is 67.0 Å². The van der Waals surface area contributed by atoms with Crippen molar-refractivity contribution in [2.75, 3.05) is 17.6 Å². The van der Waals surface area contributed by atoms with Crippen LogP contribution in [0.4, 0.5) is 5.69 Å². The smallest absolute Gasteiger partial charge is 0.278 e. The maximum atomic E-state index is 12.6. The number of nitrogens with one attached hydrogen (secondary N) is 1. The fraction of sp³-hybridized carbons (Fsp3) is 0.105. The van der Waals surface area contributed by atoms with Crippen molar-refractivity contribution in [1.82, 2.24) is 4.90 Å². The fourth-order valence-electron chi connectivity index (χ4n) is 2.70. The van der Waals surface area contributed by atoms with Crippen LogP contribution in [0.1, 0.15) is 0 Å². The number of hydrogen-bond acceptors (Lipinski definition) is 6. The molecule has 0 radical (unpaired) electrons. The third-order valence-electron chi connectivity index (χ3n) is 4.06. The van der Waals surface area contributed by atoms with Crippen molar-refractivity contribution < 1.29 is 17.9 Å². The molecular weight excluding hydrogens is 380 g/mol. The summed E-state index contributed by atoms with van der Waals surface area (Å²) in [6.07, 6.45) is 3.04. The average molecular weight is 396 g/mol. The topological polar surface area (TPSA) is 100 Å². The standard InChI is InChI=1S/C19H16N4O4S/c24-19(17-18-22-28(25,26)13-12-23(18)11-10-20-17)21-14-6-8-16(9-7-14)27-15-4-2-1-3-5-15/h1-11H,12-13H2,(H,21,24). The molecule has 0 spiro atoms. The molecule has 28 heavy (non-hydrogen) atoms. The van der Waals surface area contributed by atoms with Gasteiger partial charge in [0.25, 0.3) is 15.9 Å². The van der Waals surface area contributed by atoms with E-state index in [0.717, 1.165) is 0 Å². The summed E-state index contributed by atoms with van der Waals surface area (Å²) in [6, 6.07) is 16.2. The van der Waals surface area contributed by atoms with Crippen molar-refractivity contribution in [3.63, 3.8) is 0 Å². The first-order chi connectivity index (χ1) is 13.5. The Hall–Kier alpha value is -3.46. The van der Waals surface area contributed by atoms with Crippen LogP contribution in [0, 0.1) is 0 Å². The Morgan fingerprint density at radius 3 is 2.50 bits per heavy atom. The molecule has 142 valence electrons. The van der Waals surface area contributed by atoms with Crippen molar-refractivity contribution >= 4 is 33.2 Å². The van der Waals surface area contributed by atoms with E-state index in [4.69, 9.17) is 4.74 Å². The van der Waals surface area contributed by atoms with Gasteiger partial charge in [-0.05, 0) is 36.4 Å². The Morgan fingerprint density at radius 1 is 1.04 bits per heavy atom. The number of carbonyl (C=O) groups is 1. The van der Waals surface area contributed by atoms with Gasteiger partial charge in [-0.2, -0.15) is 0 Å². The Kier molecular flexibility index (Phi) is 4.66. The zero-order chi connectivity index (χ0) is 19.6. The molecule has 2 heterocycles. The summed E-state index contributed by atoms with van der Waals surface area (Å²) in [5.41, 5.74) is 0.476. The van der Waals surface area contributed by atoms with E-state index in [0.29, 0.717) is 17.2 Å². The lowest BCUT2D eigenvalue weighted by Crippen LogP contribution is -2.46. The van der Waals surface area contributed by atoms with Crippen molar-refractivity contribution in [3.8, 4) is 11.5 Å². The Balaban J connectivity index is 1.48. The van der Waals surface area contributed by atoms with Crippen LogP contribution in [-0.2, 0) is 14.8 Å². The predicted octanol–water partition coefficient (Wildman–Crippen LogP) is 2.39. The molecular formula is C19H16N4O4S. The third kappa shape index (κ3) is 3.94. The lowest BCUT2D eigenvalue weighted by molar-refractivity contribution is -0.110. The lowest BCUT2D eigenvalue weighted by atomic mass is 10.2. The summed E-state index contributed by atoms with van der Waals surface area (Å²) >= 11 is 0. The van der Waals surface area contributed by atoms with Gasteiger partial charge in [0.15, 0.2) is 11.5 Å². The minimum Gasteiger partial charge on any atom is -0.457 e. The summed E-state index contributed by atoms with van der Waals surface area (Å²) in [6.45, 7) is 0.232. The molecule has 4 rings (SSSR count). The number of benzene rings is 2. The van der Waals surface area contributed by atoms with Crippen LogP contribution in [0.2, 0.25) is 0 Å². The van der Waals surface area contributed by atoms with E-state index in [1.165, 1.54) is 6.20 Å². The normalized spacial score (nSPS) is 17.2. The van der Waals surface area contributed by atoms with Crippen LogP contribution < -0.4 is 10.1 Å². The number of hydrogen-bond donors (Lipinski definition) is 1. The van der Waals surface area contributed by atoms with Crippen LogP contribution in [0.5, 0.6) is 11.5 Å². The first kappa shape index (κ1) is 17.9. The van der Waals surface area contributed by atoms with Crippen LogP contribution in [0.15, 0.2) is 76.4 Å². The molecule has 0 atom stereocenters. The molecule has 0 aliphatic carbocycles. The first-order valence-electron chi connectivity index (χ1n) is 8.49. The number of rotatable bonds is 4. The number of amides is 1. The number of sulfonamides is 1. The molecule has 0 saturated carbocycles. The van der Waals surface area contributed by atoms with E-state index < -0.39 is 15.9 Å². The van der Waals surface area contributed by atoms with E-state index in [1.807, 2.05) is 30.3 Å². The Bertz CT molecular complexity index is 1090. The van der Waals surface area contributed by atoms with E-state index in [2.05, 4.69) is 14.7 Å². The molecule has 0 unspecified atom stereocenters. The molecule has 0 saturated heterocycles. The summed E-state index contributed by atoms with van der Waals surface area (Å²) < 4.78 is 33.0. The SMILES string of the molecule is O=C(Nc1ccc(Oc2ccccc2)cc1)C1=NC=CN2CCS(=O)(=O)N=C12. The molecule has 2 aliphatic heterocycles. The van der Waals surface area contributed by atoms with Crippen molar-refractivity contribution in [2.24, 2.45) is 9.39 Å². The molecule has 0 aromatic heterocycles. The molecule has 8 nitrogen and oxygen atoms in total. The number of anilines is 1. The third-order valence-corrected chi connectivity index (χ3v) is 5.21. The predicted molar refractivity (Wildman–Crippen MR) is 106 cm³/mol. The highest BCUT2D eigenvalue weighted by atomic mass is 32.2. The van der Waals surface area contributed by atoms with E-state index in [-0.39, 0.29) is 23.8 Å². The highest BCUT2D eigenvalue weighted by Crippen LogP contribution is 2.23. The molecule has 9 heteroatoms. The number of fused-ring (bicyclic) bond motifs is 1. The second-order valence-electron chi connectivity index (χ2n) is 6.06. The number of amidine groups is 1. The summed E-state index contributed by atoms with van der Waals surface area (Å²) in [7, 11) is -3.59. The highest BCUT2D eigenvalue weighted by Gasteiger charge is 2.31. The monoisotopic (exact) mass is 396 g/mol. The minimum atomic E-state index is -3.59. The molecule has 2 aromatic carbocycles. The quantitative estimate of drug-likeness (QED) is 0.855. The maximum Gasteiger partial charge on any atom is 0.278 e. The number of nitrogens with zero attached hydrogens (tertiary/aromatic N) is 3. The second kappa shape index (κ2) is 7.28. The van der Waals surface area contributed by atoms with E-state index in [9.17, 15) is 13.2 Å². The Labute approximate surface area is 161 Å².